The summed E-state index contributed by atoms with van der Waals surface area (Å²) in [5, 5.41) is 8.30. The van der Waals surface area contributed by atoms with Crippen LogP contribution in [0.4, 0.5) is 0 Å². The molecule has 1 aromatic carbocycles. The Morgan fingerprint density at radius 1 is 1.29 bits per heavy atom. The molecule has 0 fully saturated rings. The van der Waals surface area contributed by atoms with Crippen LogP contribution in [0.25, 0.3) is 0 Å². The Bertz CT molecular complexity index is 600. The number of fused-ring (bicyclic) bond motifs is 1. The molecule has 0 aliphatic heterocycles. The third-order valence-electron chi connectivity index (χ3n) is 4.54. The van der Waals surface area contributed by atoms with Crippen LogP contribution in [0.2, 0.25) is 0 Å². The van der Waals surface area contributed by atoms with Gasteiger partial charge in [0, 0.05) is 17.3 Å². The molecule has 3 rings (SSSR count). The lowest BCUT2D eigenvalue weighted by molar-refractivity contribution is 0.503. The molecule has 1 unspecified atom stereocenters. The number of aryl methyl sites for hydroxylation is 1. The zero-order valence-corrected chi connectivity index (χ0v) is 13.1. The van der Waals surface area contributed by atoms with Gasteiger partial charge in [0.2, 0.25) is 0 Å². The van der Waals surface area contributed by atoms with Crippen LogP contribution in [0.3, 0.4) is 0 Å². The molecule has 0 saturated carbocycles. The van der Waals surface area contributed by atoms with Gasteiger partial charge in [0.15, 0.2) is 0 Å². The maximum Gasteiger partial charge on any atom is 0.0665 e. The van der Waals surface area contributed by atoms with Crippen molar-refractivity contribution in [1.82, 2.24) is 15.1 Å². The van der Waals surface area contributed by atoms with Crippen LogP contribution in [0.15, 0.2) is 30.5 Å². The van der Waals surface area contributed by atoms with Crippen molar-refractivity contribution >= 4 is 0 Å². The summed E-state index contributed by atoms with van der Waals surface area (Å²) in [6.07, 6.45) is 7.05. The van der Waals surface area contributed by atoms with Crippen molar-refractivity contribution < 1.29 is 0 Å². The van der Waals surface area contributed by atoms with Gasteiger partial charge in [0.1, 0.15) is 0 Å². The van der Waals surface area contributed by atoms with Crippen molar-refractivity contribution in [3.8, 4) is 0 Å². The van der Waals surface area contributed by atoms with Crippen LogP contribution in [-0.4, -0.2) is 16.3 Å². The van der Waals surface area contributed by atoms with Crippen LogP contribution in [0, 0.1) is 6.92 Å². The van der Waals surface area contributed by atoms with E-state index in [1.54, 1.807) is 0 Å². The smallest absolute Gasteiger partial charge is 0.0665 e. The molecule has 112 valence electrons. The van der Waals surface area contributed by atoms with E-state index in [9.17, 15) is 0 Å². The van der Waals surface area contributed by atoms with Crippen LogP contribution in [0.5, 0.6) is 0 Å². The molecule has 0 saturated heterocycles. The van der Waals surface area contributed by atoms with E-state index in [0.29, 0.717) is 6.04 Å². The van der Waals surface area contributed by atoms with Crippen molar-refractivity contribution in [2.75, 3.05) is 6.54 Å². The molecule has 1 N–H and O–H groups in total. The molecule has 1 atom stereocenters. The summed E-state index contributed by atoms with van der Waals surface area (Å²) < 4.78 is 2.22. The van der Waals surface area contributed by atoms with Crippen molar-refractivity contribution in [3.05, 3.63) is 52.8 Å². The molecule has 21 heavy (non-hydrogen) atoms. The van der Waals surface area contributed by atoms with Crippen molar-refractivity contribution in [2.24, 2.45) is 0 Å². The molecule has 2 aromatic rings. The second-order valence-electron chi connectivity index (χ2n) is 5.99. The minimum Gasteiger partial charge on any atom is -0.310 e. The minimum absolute atomic E-state index is 0.484. The zero-order chi connectivity index (χ0) is 14.7. The molecule has 0 amide bonds. The van der Waals surface area contributed by atoms with Gasteiger partial charge in [-0.15, -0.1) is 0 Å². The molecule has 0 spiro atoms. The number of nitrogens with zero attached hydrogens (tertiary/aromatic N) is 2. The number of hydrogen-bond acceptors (Lipinski definition) is 2. The Kier molecular flexibility index (Phi) is 4.39. The molecule has 0 bridgehead atoms. The van der Waals surface area contributed by atoms with E-state index in [2.05, 4.69) is 59.4 Å². The fourth-order valence-electron chi connectivity index (χ4n) is 3.33. The Morgan fingerprint density at radius 3 is 2.95 bits per heavy atom. The van der Waals surface area contributed by atoms with Crippen LogP contribution in [0.1, 0.15) is 54.6 Å². The summed E-state index contributed by atoms with van der Waals surface area (Å²) in [6.45, 7) is 6.27. The first kappa shape index (κ1) is 14.3. The second-order valence-corrected chi connectivity index (χ2v) is 5.99. The fraction of sp³-hybridized carbons (Fsp3) is 0.500. The van der Waals surface area contributed by atoms with Gasteiger partial charge in [0.25, 0.3) is 0 Å². The highest BCUT2D eigenvalue weighted by Gasteiger charge is 2.22. The standard InChI is InChI=1S/C18H25N3/c1-3-19-17-10-6-7-11-18-16(17)12-20-21(18)13-15-9-5-4-8-14(15)2/h4-5,8-9,12,17,19H,3,6-7,10-11,13H2,1-2H3. The highest BCUT2D eigenvalue weighted by atomic mass is 15.3. The van der Waals surface area contributed by atoms with E-state index in [4.69, 9.17) is 0 Å². The van der Waals surface area contributed by atoms with Crippen LogP contribution in [-0.2, 0) is 13.0 Å². The van der Waals surface area contributed by atoms with E-state index in [-0.39, 0.29) is 0 Å². The van der Waals surface area contributed by atoms with Crippen molar-refractivity contribution in [2.45, 2.75) is 52.1 Å². The number of aromatic nitrogens is 2. The quantitative estimate of drug-likeness (QED) is 0.869. The Labute approximate surface area is 127 Å². The Morgan fingerprint density at radius 2 is 2.14 bits per heavy atom. The van der Waals surface area contributed by atoms with Gasteiger partial charge in [0.05, 0.1) is 12.7 Å². The zero-order valence-electron chi connectivity index (χ0n) is 13.1. The summed E-state index contributed by atoms with van der Waals surface area (Å²) in [5.41, 5.74) is 5.57. The van der Waals surface area contributed by atoms with E-state index in [1.807, 2.05) is 0 Å². The van der Waals surface area contributed by atoms with Gasteiger partial charge in [-0.1, -0.05) is 37.6 Å². The molecular formula is C18H25N3. The van der Waals surface area contributed by atoms with Gasteiger partial charge < -0.3 is 5.32 Å². The predicted molar refractivity (Wildman–Crippen MR) is 86.5 cm³/mol. The predicted octanol–water partition coefficient (Wildman–Crippen LogP) is 3.62. The number of nitrogens with one attached hydrogen (secondary N) is 1. The van der Waals surface area contributed by atoms with E-state index >= 15 is 0 Å². The third-order valence-corrected chi connectivity index (χ3v) is 4.54. The first-order chi connectivity index (χ1) is 10.3. The van der Waals surface area contributed by atoms with Gasteiger partial charge in [-0.25, -0.2) is 0 Å². The molecule has 3 nitrogen and oxygen atoms in total. The van der Waals surface area contributed by atoms with Crippen molar-refractivity contribution in [3.63, 3.8) is 0 Å². The van der Waals surface area contributed by atoms with E-state index in [1.165, 1.54) is 41.6 Å². The average molecular weight is 283 g/mol. The summed E-state index contributed by atoms with van der Waals surface area (Å²) in [4.78, 5) is 0. The second kappa shape index (κ2) is 6.44. The molecule has 1 aliphatic rings. The monoisotopic (exact) mass is 283 g/mol. The largest absolute Gasteiger partial charge is 0.310 e. The van der Waals surface area contributed by atoms with Crippen LogP contribution >= 0.6 is 0 Å². The normalized spacial score (nSPS) is 18.3. The summed E-state index contributed by atoms with van der Waals surface area (Å²) in [6, 6.07) is 9.09. The van der Waals surface area contributed by atoms with Crippen molar-refractivity contribution in [1.29, 1.82) is 0 Å². The maximum absolute atomic E-state index is 4.69. The lowest BCUT2D eigenvalue weighted by atomic mass is 10.1. The molecular weight excluding hydrogens is 258 g/mol. The minimum atomic E-state index is 0.484. The van der Waals surface area contributed by atoms with E-state index in [0.717, 1.165) is 19.5 Å². The highest BCUT2D eigenvalue weighted by molar-refractivity contribution is 5.28. The van der Waals surface area contributed by atoms with E-state index < -0.39 is 0 Å². The van der Waals surface area contributed by atoms with Crippen LogP contribution < -0.4 is 5.32 Å². The average Bonchev–Trinajstić information content (AvgIpc) is 2.76. The lowest BCUT2D eigenvalue weighted by Crippen LogP contribution is -2.20. The molecule has 1 aliphatic carbocycles. The molecule has 1 aromatic heterocycles. The van der Waals surface area contributed by atoms with Gasteiger partial charge >= 0.3 is 0 Å². The first-order valence-corrected chi connectivity index (χ1v) is 8.12. The lowest BCUT2D eigenvalue weighted by Gasteiger charge is -2.16. The molecule has 3 heteroatoms. The summed E-state index contributed by atoms with van der Waals surface area (Å²) >= 11 is 0. The number of benzene rings is 1. The highest BCUT2D eigenvalue weighted by Crippen LogP contribution is 2.29. The van der Waals surface area contributed by atoms with Gasteiger partial charge in [-0.2, -0.15) is 5.10 Å². The fourth-order valence-corrected chi connectivity index (χ4v) is 3.33. The summed E-state index contributed by atoms with van der Waals surface area (Å²) in [7, 11) is 0. The SMILES string of the molecule is CCNC1CCCCc2c1cnn2Cc1ccccc1C. The third kappa shape index (κ3) is 3.03. The molecule has 1 heterocycles. The Balaban J connectivity index is 1.89. The molecule has 0 radical (unpaired) electrons. The summed E-state index contributed by atoms with van der Waals surface area (Å²) in [5.74, 6) is 0. The first-order valence-electron chi connectivity index (χ1n) is 8.12. The van der Waals surface area contributed by atoms with Gasteiger partial charge in [-0.3, -0.25) is 4.68 Å². The number of rotatable bonds is 4. The number of hydrogen-bond donors (Lipinski definition) is 1. The Hall–Kier alpha value is -1.61. The maximum atomic E-state index is 4.69. The van der Waals surface area contributed by atoms with Gasteiger partial charge in [-0.05, 0) is 43.9 Å². The topological polar surface area (TPSA) is 29.9 Å².